The molecule has 5 nitrogen and oxygen atoms in total. The van der Waals surface area contributed by atoms with Gasteiger partial charge in [-0.05, 0) is 49.4 Å². The van der Waals surface area contributed by atoms with Gasteiger partial charge < -0.3 is 15.5 Å². The zero-order chi connectivity index (χ0) is 19.3. The van der Waals surface area contributed by atoms with E-state index in [0.29, 0.717) is 36.1 Å². The van der Waals surface area contributed by atoms with Crippen molar-refractivity contribution < 1.29 is 9.59 Å². The SMILES string of the molecule is CC(C)C(N)CCN(C)C(=O)C1CCCN(C(=O)c2ccc(Cl)cc2)C1. The molecule has 2 N–H and O–H groups in total. The zero-order valence-corrected chi connectivity index (χ0v) is 16.7. The predicted octanol–water partition coefficient (Wildman–Crippen LogP) is 3.02. The van der Waals surface area contributed by atoms with E-state index in [1.807, 2.05) is 7.05 Å². The largest absolute Gasteiger partial charge is 0.345 e. The lowest BCUT2D eigenvalue weighted by atomic mass is 9.95. The van der Waals surface area contributed by atoms with Gasteiger partial charge in [-0.2, -0.15) is 0 Å². The number of rotatable bonds is 6. The highest BCUT2D eigenvalue weighted by Gasteiger charge is 2.30. The van der Waals surface area contributed by atoms with Crippen LogP contribution in [0.2, 0.25) is 5.02 Å². The summed E-state index contributed by atoms with van der Waals surface area (Å²) in [6.07, 6.45) is 2.46. The minimum atomic E-state index is -0.139. The van der Waals surface area contributed by atoms with Crippen LogP contribution in [0.5, 0.6) is 0 Å². The maximum atomic E-state index is 12.8. The predicted molar refractivity (Wildman–Crippen MR) is 105 cm³/mol. The van der Waals surface area contributed by atoms with Gasteiger partial charge in [0.25, 0.3) is 5.91 Å². The Kier molecular flexibility index (Phi) is 7.47. The molecule has 1 aromatic carbocycles. The number of carbonyl (C=O) groups is 2. The number of hydrogen-bond acceptors (Lipinski definition) is 3. The Balaban J connectivity index is 1.93. The van der Waals surface area contributed by atoms with Gasteiger partial charge in [0.05, 0.1) is 5.92 Å². The molecule has 1 saturated heterocycles. The lowest BCUT2D eigenvalue weighted by molar-refractivity contribution is -0.135. The van der Waals surface area contributed by atoms with Gasteiger partial charge in [0.1, 0.15) is 0 Å². The standard InChI is InChI=1S/C20H30ClN3O2/c1-14(2)18(22)10-12-23(3)19(25)16-5-4-11-24(13-16)20(26)15-6-8-17(21)9-7-15/h6-9,14,16,18H,4-5,10-13,22H2,1-3H3. The molecule has 0 aliphatic carbocycles. The van der Waals surface area contributed by atoms with Crippen LogP contribution in [0.3, 0.4) is 0 Å². The van der Waals surface area contributed by atoms with Gasteiger partial charge in [0.2, 0.25) is 5.91 Å². The Bertz CT molecular complexity index is 618. The van der Waals surface area contributed by atoms with Crippen LogP contribution in [-0.4, -0.2) is 54.3 Å². The van der Waals surface area contributed by atoms with Crippen LogP contribution < -0.4 is 5.73 Å². The summed E-state index contributed by atoms with van der Waals surface area (Å²) in [5.41, 5.74) is 6.69. The van der Waals surface area contributed by atoms with Crippen LogP contribution in [0.1, 0.15) is 43.5 Å². The Labute approximate surface area is 161 Å². The molecule has 26 heavy (non-hydrogen) atoms. The number of halogens is 1. The first kappa shape index (κ1) is 20.7. The van der Waals surface area contributed by atoms with Crippen LogP contribution >= 0.6 is 11.6 Å². The molecule has 0 bridgehead atoms. The second-order valence-electron chi connectivity index (χ2n) is 7.55. The van der Waals surface area contributed by atoms with Crippen LogP contribution in [0.25, 0.3) is 0 Å². The third-order valence-corrected chi connectivity index (χ3v) is 5.43. The summed E-state index contributed by atoms with van der Waals surface area (Å²) in [4.78, 5) is 29.0. The Morgan fingerprint density at radius 3 is 2.58 bits per heavy atom. The van der Waals surface area contributed by atoms with E-state index in [0.717, 1.165) is 19.3 Å². The maximum absolute atomic E-state index is 12.8. The van der Waals surface area contributed by atoms with E-state index < -0.39 is 0 Å². The van der Waals surface area contributed by atoms with E-state index in [9.17, 15) is 9.59 Å². The van der Waals surface area contributed by atoms with Gasteiger partial charge in [-0.15, -0.1) is 0 Å². The number of benzene rings is 1. The average Bonchev–Trinajstić information content (AvgIpc) is 2.65. The molecular weight excluding hydrogens is 350 g/mol. The Morgan fingerprint density at radius 2 is 1.96 bits per heavy atom. The lowest BCUT2D eigenvalue weighted by Gasteiger charge is -2.34. The number of carbonyl (C=O) groups excluding carboxylic acids is 2. The number of likely N-dealkylation sites (tertiary alicyclic amines) is 1. The number of amides is 2. The summed E-state index contributed by atoms with van der Waals surface area (Å²) in [5.74, 6) is 0.333. The molecule has 1 fully saturated rings. The highest BCUT2D eigenvalue weighted by molar-refractivity contribution is 6.30. The minimum absolute atomic E-state index is 0.0383. The van der Waals surface area contributed by atoms with Gasteiger partial charge in [-0.25, -0.2) is 0 Å². The number of hydrogen-bond donors (Lipinski definition) is 1. The van der Waals surface area contributed by atoms with Crippen LogP contribution in [0, 0.1) is 11.8 Å². The third-order valence-electron chi connectivity index (χ3n) is 5.18. The first-order chi connectivity index (χ1) is 12.3. The summed E-state index contributed by atoms with van der Waals surface area (Å²) in [5, 5.41) is 0.606. The molecule has 0 aromatic heterocycles. The molecule has 2 rings (SSSR count). The van der Waals surface area contributed by atoms with Gasteiger partial charge in [0, 0.05) is 43.3 Å². The number of piperidine rings is 1. The van der Waals surface area contributed by atoms with Crippen molar-refractivity contribution in [1.29, 1.82) is 0 Å². The molecule has 2 unspecified atom stereocenters. The fourth-order valence-electron chi connectivity index (χ4n) is 3.24. The second-order valence-corrected chi connectivity index (χ2v) is 7.99. The van der Waals surface area contributed by atoms with E-state index >= 15 is 0 Å². The molecule has 6 heteroatoms. The van der Waals surface area contributed by atoms with Crippen molar-refractivity contribution in [3.05, 3.63) is 34.9 Å². The van der Waals surface area contributed by atoms with Crippen LogP contribution in [-0.2, 0) is 4.79 Å². The van der Waals surface area contributed by atoms with Gasteiger partial charge in [-0.3, -0.25) is 9.59 Å². The third kappa shape index (κ3) is 5.45. The molecular formula is C20H30ClN3O2. The molecule has 0 radical (unpaired) electrons. The average molecular weight is 380 g/mol. The molecule has 2 amide bonds. The molecule has 1 aromatic rings. The monoisotopic (exact) mass is 379 g/mol. The van der Waals surface area contributed by atoms with Crippen LogP contribution in [0.4, 0.5) is 0 Å². The van der Waals surface area contributed by atoms with Crippen molar-refractivity contribution in [2.24, 2.45) is 17.6 Å². The van der Waals surface area contributed by atoms with Gasteiger partial charge in [0.15, 0.2) is 0 Å². The molecule has 1 heterocycles. The van der Waals surface area contributed by atoms with E-state index in [2.05, 4.69) is 13.8 Å². The molecule has 0 spiro atoms. The quantitative estimate of drug-likeness (QED) is 0.826. The summed E-state index contributed by atoms with van der Waals surface area (Å²) < 4.78 is 0. The normalized spacial score (nSPS) is 18.7. The highest BCUT2D eigenvalue weighted by Crippen LogP contribution is 2.21. The fourth-order valence-corrected chi connectivity index (χ4v) is 3.36. The van der Waals surface area contributed by atoms with E-state index in [1.165, 1.54) is 0 Å². The van der Waals surface area contributed by atoms with Crippen molar-refractivity contribution in [3.8, 4) is 0 Å². The van der Waals surface area contributed by atoms with Crippen molar-refractivity contribution in [3.63, 3.8) is 0 Å². The van der Waals surface area contributed by atoms with Crippen LogP contribution in [0.15, 0.2) is 24.3 Å². The maximum Gasteiger partial charge on any atom is 0.253 e. The highest BCUT2D eigenvalue weighted by atomic mass is 35.5. The Hall–Kier alpha value is -1.59. The molecule has 1 aliphatic heterocycles. The van der Waals surface area contributed by atoms with Gasteiger partial charge >= 0.3 is 0 Å². The minimum Gasteiger partial charge on any atom is -0.345 e. The summed E-state index contributed by atoms with van der Waals surface area (Å²) in [6, 6.07) is 6.99. The second kappa shape index (κ2) is 9.38. The van der Waals surface area contributed by atoms with Crippen molar-refractivity contribution >= 4 is 23.4 Å². The first-order valence-corrected chi connectivity index (χ1v) is 9.72. The zero-order valence-electron chi connectivity index (χ0n) is 16.0. The van der Waals surface area contributed by atoms with E-state index in [1.54, 1.807) is 34.1 Å². The molecule has 2 atom stereocenters. The van der Waals surface area contributed by atoms with E-state index in [4.69, 9.17) is 17.3 Å². The smallest absolute Gasteiger partial charge is 0.253 e. The fraction of sp³-hybridized carbons (Fsp3) is 0.600. The topological polar surface area (TPSA) is 66.6 Å². The Morgan fingerprint density at radius 1 is 1.31 bits per heavy atom. The molecule has 1 aliphatic rings. The lowest BCUT2D eigenvalue weighted by Crippen LogP contribution is -2.46. The van der Waals surface area contributed by atoms with Crippen molar-refractivity contribution in [2.45, 2.75) is 39.2 Å². The summed E-state index contributed by atoms with van der Waals surface area (Å²) in [7, 11) is 1.83. The first-order valence-electron chi connectivity index (χ1n) is 9.35. The number of nitrogens with zero attached hydrogens (tertiary/aromatic N) is 2. The van der Waals surface area contributed by atoms with Crippen molar-refractivity contribution in [2.75, 3.05) is 26.7 Å². The summed E-state index contributed by atoms with van der Waals surface area (Å²) in [6.45, 7) is 6.00. The van der Waals surface area contributed by atoms with Crippen molar-refractivity contribution in [1.82, 2.24) is 9.80 Å². The molecule has 144 valence electrons. The number of nitrogens with two attached hydrogens (primary N) is 1. The van der Waals surface area contributed by atoms with Gasteiger partial charge in [-0.1, -0.05) is 25.4 Å². The summed E-state index contributed by atoms with van der Waals surface area (Å²) >= 11 is 5.89. The van der Waals surface area contributed by atoms with E-state index in [-0.39, 0.29) is 23.8 Å². The molecule has 0 saturated carbocycles.